The Hall–Kier alpha value is -2.04. The summed E-state index contributed by atoms with van der Waals surface area (Å²) < 4.78 is 0. The highest BCUT2D eigenvalue weighted by atomic mass is 32.2. The highest BCUT2D eigenvalue weighted by Gasteiger charge is 2.05. The number of benzene rings is 2. The minimum Gasteiger partial charge on any atom is -0.338 e. The molecule has 1 aromatic heterocycles. The van der Waals surface area contributed by atoms with Crippen LogP contribution in [0.15, 0.2) is 59.6 Å². The van der Waals surface area contributed by atoms with Crippen LogP contribution >= 0.6 is 11.8 Å². The lowest BCUT2D eigenvalue weighted by Crippen LogP contribution is -1.95. The van der Waals surface area contributed by atoms with Crippen molar-refractivity contribution in [3.05, 3.63) is 60.3 Å². The zero-order chi connectivity index (χ0) is 14.7. The van der Waals surface area contributed by atoms with E-state index in [1.807, 2.05) is 30.5 Å². The summed E-state index contributed by atoms with van der Waals surface area (Å²) in [6.45, 7) is 0.561. The fourth-order valence-electron chi connectivity index (χ4n) is 2.18. The summed E-state index contributed by atoms with van der Waals surface area (Å²) in [5.41, 5.74) is 9.98. The van der Waals surface area contributed by atoms with Gasteiger partial charge in [0.15, 0.2) is 0 Å². The molecule has 0 saturated heterocycles. The molecule has 0 aliphatic heterocycles. The maximum absolute atomic E-state index is 5.62. The molecule has 0 saturated carbocycles. The van der Waals surface area contributed by atoms with Crippen molar-refractivity contribution in [2.75, 3.05) is 6.26 Å². The predicted octanol–water partition coefficient (Wildman–Crippen LogP) is 3.92. The molecule has 21 heavy (non-hydrogen) atoms. The molecule has 1 heterocycles. The molecule has 0 amide bonds. The molecule has 0 bridgehead atoms. The number of imidazole rings is 1. The molecule has 0 aliphatic rings. The van der Waals surface area contributed by atoms with Crippen molar-refractivity contribution in [2.45, 2.75) is 11.4 Å². The van der Waals surface area contributed by atoms with Crippen molar-refractivity contribution in [3.8, 4) is 22.6 Å². The topological polar surface area (TPSA) is 54.7 Å². The first-order valence-electron chi connectivity index (χ1n) is 6.79. The van der Waals surface area contributed by atoms with Crippen LogP contribution in [0.25, 0.3) is 22.6 Å². The molecule has 0 atom stereocenters. The van der Waals surface area contributed by atoms with Gasteiger partial charge in [0.2, 0.25) is 0 Å². The van der Waals surface area contributed by atoms with Gasteiger partial charge in [-0.1, -0.05) is 36.4 Å². The van der Waals surface area contributed by atoms with E-state index in [0.717, 1.165) is 28.2 Å². The van der Waals surface area contributed by atoms with E-state index in [1.54, 1.807) is 11.8 Å². The first-order valence-corrected chi connectivity index (χ1v) is 8.01. The monoisotopic (exact) mass is 295 g/mol. The number of H-pyrrole nitrogens is 1. The average Bonchev–Trinajstić information content (AvgIpc) is 3.05. The average molecular weight is 295 g/mol. The van der Waals surface area contributed by atoms with Crippen LogP contribution in [0.4, 0.5) is 0 Å². The molecule has 0 aliphatic carbocycles. The summed E-state index contributed by atoms with van der Waals surface area (Å²) in [6, 6.07) is 16.6. The Morgan fingerprint density at radius 1 is 1.00 bits per heavy atom. The number of thioether (sulfide) groups is 1. The number of nitrogens with two attached hydrogens (primary N) is 1. The third-order valence-electron chi connectivity index (χ3n) is 3.44. The second kappa shape index (κ2) is 6.16. The Morgan fingerprint density at radius 3 is 2.29 bits per heavy atom. The molecular formula is C17H17N3S. The highest BCUT2D eigenvalue weighted by Crippen LogP contribution is 2.24. The van der Waals surface area contributed by atoms with E-state index in [9.17, 15) is 0 Å². The smallest absolute Gasteiger partial charge is 0.137 e. The van der Waals surface area contributed by atoms with Gasteiger partial charge in [0, 0.05) is 17.0 Å². The molecule has 3 aromatic rings. The van der Waals surface area contributed by atoms with Crippen LogP contribution in [0, 0.1) is 0 Å². The van der Waals surface area contributed by atoms with Crippen molar-refractivity contribution >= 4 is 11.8 Å². The summed E-state index contributed by atoms with van der Waals surface area (Å²) >= 11 is 1.74. The number of hydrogen-bond donors (Lipinski definition) is 2. The molecule has 3 N–H and O–H groups in total. The Bertz CT molecular complexity index is 653. The molecule has 0 radical (unpaired) electrons. The van der Waals surface area contributed by atoms with Gasteiger partial charge >= 0.3 is 0 Å². The van der Waals surface area contributed by atoms with Crippen molar-refractivity contribution in [2.24, 2.45) is 5.73 Å². The van der Waals surface area contributed by atoms with Gasteiger partial charge in [0.05, 0.1) is 11.9 Å². The van der Waals surface area contributed by atoms with E-state index in [0.29, 0.717) is 6.54 Å². The van der Waals surface area contributed by atoms with Gasteiger partial charge in [-0.25, -0.2) is 4.98 Å². The number of hydrogen-bond acceptors (Lipinski definition) is 3. The normalized spacial score (nSPS) is 10.8. The van der Waals surface area contributed by atoms with Gasteiger partial charge in [0.25, 0.3) is 0 Å². The second-order valence-corrected chi connectivity index (χ2v) is 5.65. The molecule has 106 valence electrons. The van der Waals surface area contributed by atoms with Crippen LogP contribution in [0.2, 0.25) is 0 Å². The van der Waals surface area contributed by atoms with Crippen LogP contribution in [-0.2, 0) is 6.54 Å². The number of aromatic amines is 1. The van der Waals surface area contributed by atoms with E-state index < -0.39 is 0 Å². The number of nitrogens with one attached hydrogen (secondary N) is 1. The second-order valence-electron chi connectivity index (χ2n) is 4.78. The quantitative estimate of drug-likeness (QED) is 0.717. The molecule has 0 spiro atoms. The van der Waals surface area contributed by atoms with Crippen LogP contribution in [0.5, 0.6) is 0 Å². The summed E-state index contributed by atoms with van der Waals surface area (Å²) in [7, 11) is 0. The van der Waals surface area contributed by atoms with E-state index in [4.69, 9.17) is 5.73 Å². The molecule has 2 aromatic carbocycles. The van der Waals surface area contributed by atoms with Gasteiger partial charge < -0.3 is 10.7 Å². The first kappa shape index (κ1) is 13.9. The molecule has 3 rings (SSSR count). The zero-order valence-electron chi connectivity index (χ0n) is 11.8. The summed E-state index contributed by atoms with van der Waals surface area (Å²) in [6.07, 6.45) is 3.95. The summed E-state index contributed by atoms with van der Waals surface area (Å²) in [5.74, 6) is 0.877. The molecule has 0 unspecified atom stereocenters. The van der Waals surface area contributed by atoms with Crippen LogP contribution in [0.3, 0.4) is 0 Å². The van der Waals surface area contributed by atoms with Gasteiger partial charge in [-0.3, -0.25) is 0 Å². The van der Waals surface area contributed by atoms with Crippen LogP contribution in [-0.4, -0.2) is 16.2 Å². The Balaban J connectivity index is 1.87. The van der Waals surface area contributed by atoms with E-state index in [-0.39, 0.29) is 0 Å². The van der Waals surface area contributed by atoms with Gasteiger partial charge in [-0.2, -0.15) is 0 Å². The largest absolute Gasteiger partial charge is 0.338 e. The standard InChI is InChI=1S/C17H17N3S/c1-21-15-8-6-13(7-9-15)16-11-19-17(20-16)14-4-2-12(10-18)3-5-14/h2-9,11H,10,18H2,1H3,(H,19,20). The number of nitrogens with zero attached hydrogens (tertiary/aromatic N) is 1. The zero-order valence-corrected chi connectivity index (χ0v) is 12.7. The van der Waals surface area contributed by atoms with Gasteiger partial charge in [-0.15, -0.1) is 11.8 Å². The molecule has 0 fully saturated rings. The lowest BCUT2D eigenvalue weighted by molar-refractivity contribution is 1.07. The fourth-order valence-corrected chi connectivity index (χ4v) is 2.59. The van der Waals surface area contributed by atoms with Crippen LogP contribution < -0.4 is 5.73 Å². The third kappa shape index (κ3) is 3.01. The van der Waals surface area contributed by atoms with Crippen molar-refractivity contribution in [1.82, 2.24) is 9.97 Å². The molecular weight excluding hydrogens is 278 g/mol. The maximum atomic E-state index is 5.62. The van der Waals surface area contributed by atoms with E-state index in [2.05, 4.69) is 40.5 Å². The lowest BCUT2D eigenvalue weighted by Gasteiger charge is -2.01. The third-order valence-corrected chi connectivity index (χ3v) is 4.18. The Morgan fingerprint density at radius 2 is 1.67 bits per heavy atom. The molecule has 3 nitrogen and oxygen atoms in total. The number of aromatic nitrogens is 2. The lowest BCUT2D eigenvalue weighted by atomic mass is 10.1. The Labute approximate surface area is 128 Å². The molecule has 4 heteroatoms. The van der Waals surface area contributed by atoms with Crippen molar-refractivity contribution in [1.29, 1.82) is 0 Å². The number of rotatable bonds is 4. The SMILES string of the molecule is CSc1ccc(-c2cnc(-c3ccc(CN)cc3)[nH]2)cc1. The van der Waals surface area contributed by atoms with Crippen LogP contribution in [0.1, 0.15) is 5.56 Å². The van der Waals surface area contributed by atoms with Gasteiger partial charge in [-0.05, 0) is 29.5 Å². The summed E-state index contributed by atoms with van der Waals surface area (Å²) in [5, 5.41) is 0. The first-order chi connectivity index (χ1) is 10.3. The predicted molar refractivity (Wildman–Crippen MR) is 89.1 cm³/mol. The van der Waals surface area contributed by atoms with Gasteiger partial charge in [0.1, 0.15) is 5.82 Å². The Kier molecular flexibility index (Phi) is 4.08. The minimum atomic E-state index is 0.561. The highest BCUT2D eigenvalue weighted by molar-refractivity contribution is 7.98. The minimum absolute atomic E-state index is 0.561. The maximum Gasteiger partial charge on any atom is 0.137 e. The van der Waals surface area contributed by atoms with E-state index in [1.165, 1.54) is 4.90 Å². The van der Waals surface area contributed by atoms with E-state index >= 15 is 0 Å². The van der Waals surface area contributed by atoms with Crippen molar-refractivity contribution < 1.29 is 0 Å². The summed E-state index contributed by atoms with van der Waals surface area (Å²) in [4.78, 5) is 9.10. The van der Waals surface area contributed by atoms with Crippen molar-refractivity contribution in [3.63, 3.8) is 0 Å². The fraction of sp³-hybridized carbons (Fsp3) is 0.118.